The standard InChI is InChI=1S/C12H16N2O3/c1-8(4-5-9-3-2-6-17-9)13-10-7-11(15)14-12(10)16/h2-3,6,8,10,13H,4-5,7H2,1H3,(H,14,15,16). The van der Waals surface area contributed by atoms with Crippen molar-refractivity contribution in [1.82, 2.24) is 10.6 Å². The first-order chi connectivity index (χ1) is 8.15. The van der Waals surface area contributed by atoms with E-state index in [1.54, 1.807) is 6.26 Å². The molecule has 1 aromatic rings. The largest absolute Gasteiger partial charge is 0.469 e. The first-order valence-electron chi connectivity index (χ1n) is 5.77. The van der Waals surface area contributed by atoms with Gasteiger partial charge in [0.15, 0.2) is 0 Å². The SMILES string of the molecule is CC(CCc1ccco1)NC1CC(=O)NC1=O. The number of furan rings is 1. The van der Waals surface area contributed by atoms with Gasteiger partial charge in [0.1, 0.15) is 5.76 Å². The fraction of sp³-hybridized carbons (Fsp3) is 0.500. The zero-order valence-electron chi connectivity index (χ0n) is 9.73. The van der Waals surface area contributed by atoms with Crippen LogP contribution >= 0.6 is 0 Å². The van der Waals surface area contributed by atoms with Crippen LogP contribution in [0.4, 0.5) is 0 Å². The predicted molar refractivity (Wildman–Crippen MR) is 61.2 cm³/mol. The van der Waals surface area contributed by atoms with Crippen LogP contribution in [-0.2, 0) is 16.0 Å². The van der Waals surface area contributed by atoms with Gasteiger partial charge in [-0.3, -0.25) is 14.9 Å². The summed E-state index contributed by atoms with van der Waals surface area (Å²) in [5.74, 6) is 0.510. The zero-order valence-corrected chi connectivity index (χ0v) is 9.73. The molecule has 0 aromatic carbocycles. The number of hydrogen-bond donors (Lipinski definition) is 2. The Bertz CT molecular complexity index is 400. The van der Waals surface area contributed by atoms with E-state index >= 15 is 0 Å². The van der Waals surface area contributed by atoms with Crippen molar-refractivity contribution in [2.75, 3.05) is 0 Å². The molecule has 0 spiro atoms. The summed E-state index contributed by atoms with van der Waals surface area (Å²) < 4.78 is 5.23. The Labute approximate surface area is 99.6 Å². The van der Waals surface area contributed by atoms with Gasteiger partial charge < -0.3 is 9.73 Å². The van der Waals surface area contributed by atoms with E-state index in [-0.39, 0.29) is 30.3 Å². The third-order valence-corrected chi connectivity index (χ3v) is 2.86. The highest BCUT2D eigenvalue weighted by atomic mass is 16.3. The van der Waals surface area contributed by atoms with Crippen molar-refractivity contribution in [3.8, 4) is 0 Å². The molecular formula is C12H16N2O3. The molecule has 1 aliphatic rings. The van der Waals surface area contributed by atoms with Crippen LogP contribution in [-0.4, -0.2) is 23.9 Å². The second kappa shape index (κ2) is 5.14. The molecule has 2 heterocycles. The van der Waals surface area contributed by atoms with Gasteiger partial charge in [-0.05, 0) is 25.5 Å². The summed E-state index contributed by atoms with van der Waals surface area (Å²) in [7, 11) is 0. The maximum absolute atomic E-state index is 11.3. The van der Waals surface area contributed by atoms with Crippen LogP contribution in [0.3, 0.4) is 0 Å². The third kappa shape index (κ3) is 3.17. The molecule has 17 heavy (non-hydrogen) atoms. The molecule has 2 amide bonds. The highest BCUT2D eigenvalue weighted by Crippen LogP contribution is 2.08. The predicted octanol–water partition coefficient (Wildman–Crippen LogP) is 0.605. The van der Waals surface area contributed by atoms with E-state index in [1.807, 2.05) is 19.1 Å². The topological polar surface area (TPSA) is 71.3 Å². The first-order valence-corrected chi connectivity index (χ1v) is 5.77. The van der Waals surface area contributed by atoms with E-state index in [4.69, 9.17) is 4.42 Å². The summed E-state index contributed by atoms with van der Waals surface area (Å²) in [6, 6.07) is 3.57. The summed E-state index contributed by atoms with van der Waals surface area (Å²) >= 11 is 0. The van der Waals surface area contributed by atoms with Crippen molar-refractivity contribution in [2.24, 2.45) is 0 Å². The first kappa shape index (κ1) is 11.9. The molecule has 2 atom stereocenters. The molecule has 2 rings (SSSR count). The van der Waals surface area contributed by atoms with Gasteiger partial charge in [-0.25, -0.2) is 0 Å². The van der Waals surface area contributed by atoms with Gasteiger partial charge in [0.2, 0.25) is 11.8 Å². The summed E-state index contributed by atoms with van der Waals surface area (Å²) in [5, 5.41) is 5.43. The lowest BCUT2D eigenvalue weighted by molar-refractivity contribution is -0.125. The Morgan fingerprint density at radius 1 is 1.59 bits per heavy atom. The molecule has 92 valence electrons. The monoisotopic (exact) mass is 236 g/mol. The lowest BCUT2D eigenvalue weighted by atomic mass is 10.1. The van der Waals surface area contributed by atoms with Crippen molar-refractivity contribution in [1.29, 1.82) is 0 Å². The molecule has 2 unspecified atom stereocenters. The average Bonchev–Trinajstić information content (AvgIpc) is 2.87. The molecule has 2 N–H and O–H groups in total. The maximum Gasteiger partial charge on any atom is 0.244 e. The molecule has 5 nitrogen and oxygen atoms in total. The van der Waals surface area contributed by atoms with Crippen molar-refractivity contribution < 1.29 is 14.0 Å². The van der Waals surface area contributed by atoms with Crippen LogP contribution < -0.4 is 10.6 Å². The smallest absolute Gasteiger partial charge is 0.244 e. The Balaban J connectivity index is 1.75. The van der Waals surface area contributed by atoms with Crippen LogP contribution in [0.25, 0.3) is 0 Å². The van der Waals surface area contributed by atoms with Gasteiger partial charge in [-0.2, -0.15) is 0 Å². The van der Waals surface area contributed by atoms with Crippen LogP contribution in [0.5, 0.6) is 0 Å². The van der Waals surface area contributed by atoms with Gasteiger partial charge in [0, 0.05) is 12.5 Å². The lowest BCUT2D eigenvalue weighted by Gasteiger charge is -2.16. The Hall–Kier alpha value is -1.62. The quantitative estimate of drug-likeness (QED) is 0.735. The number of nitrogens with one attached hydrogen (secondary N) is 2. The fourth-order valence-corrected chi connectivity index (χ4v) is 1.93. The minimum Gasteiger partial charge on any atom is -0.469 e. The van der Waals surface area contributed by atoms with E-state index in [2.05, 4.69) is 10.6 Å². The lowest BCUT2D eigenvalue weighted by Crippen LogP contribution is -2.41. The molecule has 1 aromatic heterocycles. The zero-order chi connectivity index (χ0) is 12.3. The molecular weight excluding hydrogens is 220 g/mol. The minimum atomic E-state index is -0.380. The number of amides is 2. The number of aryl methyl sites for hydroxylation is 1. The molecule has 0 saturated carbocycles. The average molecular weight is 236 g/mol. The highest BCUT2D eigenvalue weighted by Gasteiger charge is 2.30. The van der Waals surface area contributed by atoms with E-state index < -0.39 is 0 Å². The summed E-state index contributed by atoms with van der Waals surface area (Å²) in [6.07, 6.45) is 3.58. The van der Waals surface area contributed by atoms with Crippen molar-refractivity contribution in [3.63, 3.8) is 0 Å². The second-order valence-corrected chi connectivity index (χ2v) is 4.35. The van der Waals surface area contributed by atoms with E-state index in [0.717, 1.165) is 18.6 Å². The van der Waals surface area contributed by atoms with Crippen LogP contribution in [0.2, 0.25) is 0 Å². The fourth-order valence-electron chi connectivity index (χ4n) is 1.93. The summed E-state index contributed by atoms with van der Waals surface area (Å²) in [4.78, 5) is 22.3. The van der Waals surface area contributed by atoms with Crippen molar-refractivity contribution in [3.05, 3.63) is 24.2 Å². The third-order valence-electron chi connectivity index (χ3n) is 2.86. The number of imide groups is 1. The molecule has 1 saturated heterocycles. The van der Waals surface area contributed by atoms with Crippen LogP contribution in [0, 0.1) is 0 Å². The van der Waals surface area contributed by atoms with Gasteiger partial charge in [0.05, 0.1) is 18.7 Å². The van der Waals surface area contributed by atoms with Crippen LogP contribution in [0.15, 0.2) is 22.8 Å². The molecule has 0 aliphatic carbocycles. The number of rotatable bonds is 5. The Morgan fingerprint density at radius 3 is 3.00 bits per heavy atom. The van der Waals surface area contributed by atoms with Crippen LogP contribution in [0.1, 0.15) is 25.5 Å². The maximum atomic E-state index is 11.3. The minimum absolute atomic E-state index is 0.168. The highest BCUT2D eigenvalue weighted by molar-refractivity contribution is 6.05. The van der Waals surface area contributed by atoms with Gasteiger partial charge >= 0.3 is 0 Å². The Kier molecular flexibility index (Phi) is 3.58. The molecule has 0 radical (unpaired) electrons. The molecule has 0 bridgehead atoms. The van der Waals surface area contributed by atoms with Gasteiger partial charge in [-0.1, -0.05) is 0 Å². The van der Waals surface area contributed by atoms with E-state index in [9.17, 15) is 9.59 Å². The normalized spacial score (nSPS) is 21.6. The summed E-state index contributed by atoms with van der Waals surface area (Å²) in [5.41, 5.74) is 0. The van der Waals surface area contributed by atoms with Gasteiger partial charge in [0.25, 0.3) is 0 Å². The van der Waals surface area contributed by atoms with E-state index in [0.29, 0.717) is 0 Å². The number of carbonyl (C=O) groups is 2. The molecule has 1 aliphatic heterocycles. The van der Waals surface area contributed by atoms with E-state index in [1.165, 1.54) is 0 Å². The number of hydrogen-bond acceptors (Lipinski definition) is 4. The van der Waals surface area contributed by atoms with Crippen molar-refractivity contribution >= 4 is 11.8 Å². The Morgan fingerprint density at radius 2 is 2.41 bits per heavy atom. The molecule has 1 fully saturated rings. The molecule has 5 heteroatoms. The summed E-state index contributed by atoms with van der Waals surface area (Å²) in [6.45, 7) is 2.00. The van der Waals surface area contributed by atoms with Crippen molar-refractivity contribution in [2.45, 2.75) is 38.3 Å². The second-order valence-electron chi connectivity index (χ2n) is 4.35. The van der Waals surface area contributed by atoms with Gasteiger partial charge in [-0.15, -0.1) is 0 Å². The number of carbonyl (C=O) groups excluding carboxylic acids is 2.